The maximum Gasteiger partial charge on any atom is 0.318 e. The number of rotatable bonds is 9. The molecular formula is C21H34F2N4O2S. The average Bonchev–Trinajstić information content (AvgIpc) is 3.14. The molecule has 0 radical (unpaired) electrons. The van der Waals surface area contributed by atoms with Gasteiger partial charge >= 0.3 is 6.03 Å². The normalized spacial score (nSPS) is 17.9. The lowest BCUT2D eigenvalue weighted by Gasteiger charge is -2.33. The van der Waals surface area contributed by atoms with Gasteiger partial charge in [0.15, 0.2) is 5.78 Å². The van der Waals surface area contributed by atoms with Gasteiger partial charge in [0.05, 0.1) is 23.3 Å². The monoisotopic (exact) mass is 444 g/mol. The molecule has 30 heavy (non-hydrogen) atoms. The van der Waals surface area contributed by atoms with Crippen molar-refractivity contribution in [3.63, 3.8) is 0 Å². The van der Waals surface area contributed by atoms with Gasteiger partial charge < -0.3 is 15.1 Å². The van der Waals surface area contributed by atoms with Crippen LogP contribution in [0.2, 0.25) is 0 Å². The molecule has 0 aromatic carbocycles. The van der Waals surface area contributed by atoms with E-state index in [2.05, 4.69) is 24.1 Å². The van der Waals surface area contributed by atoms with Crippen LogP contribution in [0, 0.1) is 5.92 Å². The maximum absolute atomic E-state index is 13.3. The second-order valence-electron chi connectivity index (χ2n) is 8.73. The molecule has 0 saturated carbocycles. The molecule has 0 aliphatic carbocycles. The number of nitrogens with one attached hydrogen (secondary N) is 1. The number of aromatic nitrogens is 1. The lowest BCUT2D eigenvalue weighted by molar-refractivity contribution is -0.124. The third kappa shape index (κ3) is 7.27. The number of thiazole rings is 1. The molecule has 1 saturated heterocycles. The summed E-state index contributed by atoms with van der Waals surface area (Å²) in [5.41, 5.74) is 0.822. The van der Waals surface area contributed by atoms with Gasteiger partial charge in [-0.1, -0.05) is 27.7 Å². The standard InChI is InChI=1S/C21H34F2N4O2S/c1-14(2)18(28)17(6-9-27-10-7-21(22,23)8-11-27)25-20(29)26(5)12-16-13-30-19(24-16)15(3)4/h13-15,17H,6-12H2,1-5H3,(H,25,29). The first kappa shape index (κ1) is 24.7. The largest absolute Gasteiger partial charge is 0.328 e. The summed E-state index contributed by atoms with van der Waals surface area (Å²) in [5.74, 6) is -2.52. The molecule has 1 unspecified atom stereocenters. The lowest BCUT2D eigenvalue weighted by Crippen LogP contribution is -2.49. The van der Waals surface area contributed by atoms with Gasteiger partial charge in [-0.3, -0.25) is 4.79 Å². The summed E-state index contributed by atoms with van der Waals surface area (Å²) >= 11 is 1.58. The highest BCUT2D eigenvalue weighted by atomic mass is 32.1. The summed E-state index contributed by atoms with van der Waals surface area (Å²) in [6.45, 7) is 9.24. The minimum absolute atomic E-state index is 0.0464. The number of likely N-dealkylation sites (tertiary alicyclic amines) is 1. The Labute approximate surface area is 182 Å². The van der Waals surface area contributed by atoms with Crippen molar-refractivity contribution in [1.29, 1.82) is 0 Å². The second-order valence-corrected chi connectivity index (χ2v) is 9.62. The molecule has 1 fully saturated rings. The number of hydrogen-bond donors (Lipinski definition) is 1. The number of nitrogens with zero attached hydrogens (tertiary/aromatic N) is 3. The van der Waals surface area contributed by atoms with Crippen LogP contribution >= 0.6 is 11.3 Å². The highest BCUT2D eigenvalue weighted by molar-refractivity contribution is 7.09. The predicted octanol–water partition coefficient (Wildman–Crippen LogP) is 4.12. The Morgan fingerprint density at radius 3 is 2.43 bits per heavy atom. The van der Waals surface area contributed by atoms with E-state index in [0.717, 1.165) is 10.7 Å². The van der Waals surface area contributed by atoms with E-state index in [9.17, 15) is 18.4 Å². The Morgan fingerprint density at radius 2 is 1.90 bits per heavy atom. The van der Waals surface area contributed by atoms with Crippen molar-refractivity contribution in [2.45, 2.75) is 71.4 Å². The fourth-order valence-electron chi connectivity index (χ4n) is 3.34. The zero-order chi connectivity index (χ0) is 22.5. The maximum atomic E-state index is 13.3. The quantitative estimate of drug-likeness (QED) is 0.622. The van der Waals surface area contributed by atoms with Crippen LogP contribution in [0.5, 0.6) is 0 Å². The van der Waals surface area contributed by atoms with Gasteiger partial charge in [-0.2, -0.15) is 0 Å². The third-order valence-corrected chi connectivity index (χ3v) is 6.54. The molecule has 2 heterocycles. The molecule has 0 spiro atoms. The zero-order valence-electron chi connectivity index (χ0n) is 18.6. The molecule has 1 aliphatic rings. The van der Waals surface area contributed by atoms with E-state index in [-0.39, 0.29) is 30.6 Å². The molecule has 1 N–H and O–H groups in total. The van der Waals surface area contributed by atoms with Crippen LogP contribution in [0.25, 0.3) is 0 Å². The van der Waals surface area contributed by atoms with E-state index in [1.54, 1.807) is 32.2 Å². The van der Waals surface area contributed by atoms with Gasteiger partial charge in [-0.05, 0) is 6.42 Å². The minimum atomic E-state index is -2.59. The van der Waals surface area contributed by atoms with Gasteiger partial charge in [-0.25, -0.2) is 18.6 Å². The minimum Gasteiger partial charge on any atom is -0.328 e. The van der Waals surface area contributed by atoms with E-state index >= 15 is 0 Å². The smallest absolute Gasteiger partial charge is 0.318 e. The number of carbonyl (C=O) groups is 2. The molecular weight excluding hydrogens is 410 g/mol. The topological polar surface area (TPSA) is 65.5 Å². The molecule has 170 valence electrons. The number of piperidine rings is 1. The molecule has 2 rings (SSSR count). The fourth-order valence-corrected chi connectivity index (χ4v) is 4.16. The number of ketones is 1. The molecule has 6 nitrogen and oxygen atoms in total. The van der Waals surface area contributed by atoms with Gasteiger partial charge in [0.25, 0.3) is 5.92 Å². The van der Waals surface area contributed by atoms with Gasteiger partial charge in [0.1, 0.15) is 0 Å². The number of carbonyl (C=O) groups excluding carboxylic acids is 2. The first-order chi connectivity index (χ1) is 14.0. The van der Waals surface area contributed by atoms with Crippen LogP contribution in [-0.2, 0) is 11.3 Å². The summed E-state index contributed by atoms with van der Waals surface area (Å²) in [4.78, 5) is 33.3. The Hall–Kier alpha value is -1.61. The van der Waals surface area contributed by atoms with Crippen LogP contribution < -0.4 is 5.32 Å². The molecule has 0 bridgehead atoms. The highest BCUT2D eigenvalue weighted by Gasteiger charge is 2.34. The Bertz CT molecular complexity index is 714. The first-order valence-corrected chi connectivity index (χ1v) is 11.5. The molecule has 1 aromatic rings. The molecule has 1 aliphatic heterocycles. The van der Waals surface area contributed by atoms with Crippen LogP contribution in [0.3, 0.4) is 0 Å². The van der Waals surface area contributed by atoms with Gasteiger partial charge in [0.2, 0.25) is 0 Å². The lowest BCUT2D eigenvalue weighted by atomic mass is 9.98. The number of halogens is 2. The van der Waals surface area contributed by atoms with E-state index in [1.165, 1.54) is 4.90 Å². The van der Waals surface area contributed by atoms with Crippen molar-refractivity contribution in [3.8, 4) is 0 Å². The van der Waals surface area contributed by atoms with E-state index in [0.29, 0.717) is 38.5 Å². The van der Waals surface area contributed by atoms with Crippen LogP contribution in [0.1, 0.15) is 63.6 Å². The second kappa shape index (κ2) is 10.6. The number of urea groups is 1. The van der Waals surface area contributed by atoms with E-state index in [4.69, 9.17) is 0 Å². The Morgan fingerprint density at radius 1 is 1.27 bits per heavy atom. The zero-order valence-corrected chi connectivity index (χ0v) is 19.4. The summed E-state index contributed by atoms with van der Waals surface area (Å²) < 4.78 is 26.7. The molecule has 2 amide bonds. The predicted molar refractivity (Wildman–Crippen MR) is 115 cm³/mol. The van der Waals surface area contributed by atoms with Crippen LogP contribution in [0.4, 0.5) is 13.6 Å². The SMILES string of the molecule is CC(C)C(=O)C(CCN1CCC(F)(F)CC1)NC(=O)N(C)Cc1csc(C(C)C)n1. The summed E-state index contributed by atoms with van der Waals surface area (Å²) in [6.07, 6.45) is 0.101. The van der Waals surface area contributed by atoms with Crippen molar-refractivity contribution in [1.82, 2.24) is 20.1 Å². The summed E-state index contributed by atoms with van der Waals surface area (Å²) in [6, 6.07) is -0.970. The number of hydrogen-bond acceptors (Lipinski definition) is 5. The van der Waals surface area contributed by atoms with Crippen LogP contribution in [-0.4, -0.2) is 65.2 Å². The fraction of sp³-hybridized carbons (Fsp3) is 0.762. The number of amides is 2. The average molecular weight is 445 g/mol. The molecule has 9 heteroatoms. The van der Waals surface area contributed by atoms with Gasteiger partial charge in [0, 0.05) is 56.7 Å². The van der Waals surface area contributed by atoms with Crippen molar-refractivity contribution in [2.24, 2.45) is 5.92 Å². The van der Waals surface area contributed by atoms with E-state index < -0.39 is 12.0 Å². The molecule has 1 aromatic heterocycles. The number of Topliss-reactive ketones (excluding diaryl/α,β-unsaturated/α-hetero) is 1. The Balaban J connectivity index is 1.92. The third-order valence-electron chi connectivity index (χ3n) is 5.34. The van der Waals surface area contributed by atoms with Crippen molar-refractivity contribution in [2.75, 3.05) is 26.7 Å². The van der Waals surface area contributed by atoms with Crippen molar-refractivity contribution in [3.05, 3.63) is 16.1 Å². The Kier molecular flexibility index (Phi) is 8.73. The van der Waals surface area contributed by atoms with Crippen LogP contribution in [0.15, 0.2) is 5.38 Å². The molecule has 1 atom stereocenters. The van der Waals surface area contributed by atoms with Gasteiger partial charge in [-0.15, -0.1) is 11.3 Å². The summed E-state index contributed by atoms with van der Waals surface area (Å²) in [5, 5.41) is 5.81. The van der Waals surface area contributed by atoms with Crippen molar-refractivity contribution < 1.29 is 18.4 Å². The number of alkyl halides is 2. The highest BCUT2D eigenvalue weighted by Crippen LogP contribution is 2.27. The first-order valence-electron chi connectivity index (χ1n) is 10.6. The van der Waals surface area contributed by atoms with Crippen molar-refractivity contribution >= 4 is 23.2 Å². The summed E-state index contributed by atoms with van der Waals surface area (Å²) in [7, 11) is 1.67. The van der Waals surface area contributed by atoms with E-state index in [1.807, 2.05) is 10.3 Å².